The van der Waals surface area contributed by atoms with E-state index in [0.717, 1.165) is 27.5 Å². The van der Waals surface area contributed by atoms with E-state index in [2.05, 4.69) is 20.1 Å². The van der Waals surface area contributed by atoms with Gasteiger partial charge in [0.05, 0.1) is 26.1 Å². The van der Waals surface area contributed by atoms with Crippen LogP contribution in [0.3, 0.4) is 0 Å². The van der Waals surface area contributed by atoms with Gasteiger partial charge < -0.3 is 9.64 Å². The lowest BCUT2D eigenvalue weighted by Gasteiger charge is -2.22. The number of halogens is 1. The van der Waals surface area contributed by atoms with Crippen LogP contribution in [-0.2, 0) is 23.8 Å². The maximum absolute atomic E-state index is 11.9. The quantitative estimate of drug-likeness (QED) is 0.488. The molecule has 0 aliphatic rings. The minimum atomic E-state index is -3.45. The number of carbonyl (C=O) groups excluding carboxylic acids is 1. The predicted molar refractivity (Wildman–Crippen MR) is 93.3 cm³/mol. The van der Waals surface area contributed by atoms with Crippen LogP contribution in [0, 0.1) is 13.8 Å². The highest BCUT2D eigenvalue weighted by Gasteiger charge is 2.13. The van der Waals surface area contributed by atoms with Crippen molar-refractivity contribution in [1.29, 1.82) is 0 Å². The Morgan fingerprint density at radius 2 is 1.74 bits per heavy atom. The summed E-state index contributed by atoms with van der Waals surface area (Å²) in [5.41, 5.74) is 2.91. The van der Waals surface area contributed by atoms with Gasteiger partial charge in [-0.1, -0.05) is 15.9 Å². The molecule has 1 amide bonds. The molecule has 0 radical (unpaired) electrons. The minimum Gasteiger partial charge on any atom is -0.377 e. The molecule has 0 aliphatic carbocycles. The van der Waals surface area contributed by atoms with Crippen molar-refractivity contribution >= 4 is 37.6 Å². The van der Waals surface area contributed by atoms with Crippen molar-refractivity contribution in [3.8, 4) is 0 Å². The molecule has 23 heavy (non-hydrogen) atoms. The summed E-state index contributed by atoms with van der Waals surface area (Å²) in [5, 5.41) is 0. The topological polar surface area (TPSA) is 72.9 Å². The second-order valence-electron chi connectivity index (χ2n) is 5.20. The first-order valence-electron chi connectivity index (χ1n) is 7.09. The van der Waals surface area contributed by atoms with Gasteiger partial charge >= 0.3 is 0 Å². The van der Waals surface area contributed by atoms with Crippen molar-refractivity contribution in [1.82, 2.24) is 0 Å². The van der Waals surface area contributed by atoms with E-state index in [-0.39, 0.29) is 19.1 Å². The summed E-state index contributed by atoms with van der Waals surface area (Å²) < 4.78 is 32.5. The van der Waals surface area contributed by atoms with Crippen LogP contribution < -0.4 is 4.90 Å². The normalized spacial score (nSPS) is 11.5. The number of hydrogen-bond donors (Lipinski definition) is 0. The van der Waals surface area contributed by atoms with Gasteiger partial charge in [0.25, 0.3) is 10.1 Å². The van der Waals surface area contributed by atoms with Crippen LogP contribution in [0.4, 0.5) is 5.69 Å². The number of ether oxygens (including phenoxy) is 1. The Balaban J connectivity index is 2.59. The van der Waals surface area contributed by atoms with E-state index >= 15 is 0 Å². The van der Waals surface area contributed by atoms with E-state index in [4.69, 9.17) is 4.74 Å². The number of carbonyl (C=O) groups is 1. The highest BCUT2D eigenvalue weighted by atomic mass is 79.9. The van der Waals surface area contributed by atoms with Crippen molar-refractivity contribution in [3.63, 3.8) is 0 Å². The largest absolute Gasteiger partial charge is 0.377 e. The summed E-state index contributed by atoms with van der Waals surface area (Å²) >= 11 is 3.51. The third-order valence-corrected chi connectivity index (χ3v) is 4.94. The summed E-state index contributed by atoms with van der Waals surface area (Å²) in [5.74, 6) is -0.0814. The Kier molecular flexibility index (Phi) is 7.66. The Morgan fingerprint density at radius 3 is 2.22 bits per heavy atom. The van der Waals surface area contributed by atoms with Crippen LogP contribution in [0.1, 0.15) is 18.1 Å². The molecule has 0 fully saturated rings. The van der Waals surface area contributed by atoms with Crippen LogP contribution in [0.2, 0.25) is 0 Å². The van der Waals surface area contributed by atoms with Crippen LogP contribution >= 0.6 is 15.9 Å². The van der Waals surface area contributed by atoms with Gasteiger partial charge in [-0.05, 0) is 37.1 Å². The third kappa shape index (κ3) is 6.99. The average molecular weight is 408 g/mol. The molecule has 0 saturated heterocycles. The first-order chi connectivity index (χ1) is 10.6. The molecule has 0 N–H and O–H groups in total. The van der Waals surface area contributed by atoms with Gasteiger partial charge in [0.15, 0.2) is 0 Å². The van der Waals surface area contributed by atoms with Gasteiger partial charge in [0.1, 0.15) is 0 Å². The lowest BCUT2D eigenvalue weighted by atomic mass is 10.1. The molecule has 0 saturated carbocycles. The summed E-state index contributed by atoms with van der Waals surface area (Å²) in [6.07, 6.45) is 0.989. The van der Waals surface area contributed by atoms with Gasteiger partial charge in [-0.15, -0.1) is 0 Å². The summed E-state index contributed by atoms with van der Waals surface area (Å²) in [6.45, 7) is 6.23. The predicted octanol–water partition coefficient (Wildman–Crippen LogP) is 2.41. The van der Waals surface area contributed by atoms with Gasteiger partial charge in [-0.25, -0.2) is 0 Å². The van der Waals surface area contributed by atoms with Crippen molar-refractivity contribution in [2.24, 2.45) is 0 Å². The smallest absolute Gasteiger partial charge is 0.264 e. The van der Waals surface area contributed by atoms with E-state index in [1.807, 2.05) is 26.0 Å². The number of anilines is 1. The zero-order valence-corrected chi connectivity index (χ0v) is 16.2. The molecule has 0 aliphatic heterocycles. The van der Waals surface area contributed by atoms with Crippen LogP contribution in [0.15, 0.2) is 16.6 Å². The summed E-state index contributed by atoms with van der Waals surface area (Å²) in [6, 6.07) is 3.87. The third-order valence-electron chi connectivity index (χ3n) is 3.10. The molecule has 0 aromatic heterocycles. The number of hydrogen-bond acceptors (Lipinski definition) is 5. The molecule has 1 aromatic carbocycles. The van der Waals surface area contributed by atoms with Crippen molar-refractivity contribution in [3.05, 3.63) is 27.7 Å². The molecule has 8 heteroatoms. The molecule has 6 nitrogen and oxygen atoms in total. The lowest BCUT2D eigenvalue weighted by molar-refractivity contribution is -0.116. The van der Waals surface area contributed by atoms with Gasteiger partial charge in [0.2, 0.25) is 5.91 Å². The Bertz CT molecular complexity index is 637. The second kappa shape index (κ2) is 8.77. The standard InChI is InChI=1S/C15H22BrNO5S/c1-11-9-14(10-12(2)15(11)16)17(13(3)18)5-6-21-7-8-22-23(4,19)20/h9-10H,5-8H2,1-4H3. The average Bonchev–Trinajstić information content (AvgIpc) is 2.41. The lowest BCUT2D eigenvalue weighted by Crippen LogP contribution is -2.32. The van der Waals surface area contributed by atoms with Crippen molar-refractivity contribution in [2.45, 2.75) is 20.8 Å². The minimum absolute atomic E-state index is 0.0323. The van der Waals surface area contributed by atoms with E-state index in [0.29, 0.717) is 13.2 Å². The number of benzene rings is 1. The molecule has 0 atom stereocenters. The molecule has 0 spiro atoms. The molecule has 0 heterocycles. The van der Waals surface area contributed by atoms with Gasteiger partial charge in [-0.3, -0.25) is 8.98 Å². The first-order valence-corrected chi connectivity index (χ1v) is 9.70. The van der Waals surface area contributed by atoms with E-state index in [1.54, 1.807) is 4.90 Å². The molecular weight excluding hydrogens is 386 g/mol. The first kappa shape index (κ1) is 20.1. The van der Waals surface area contributed by atoms with Crippen LogP contribution in [-0.4, -0.2) is 46.9 Å². The maximum Gasteiger partial charge on any atom is 0.264 e. The fraction of sp³-hybridized carbons (Fsp3) is 0.533. The summed E-state index contributed by atoms with van der Waals surface area (Å²) in [7, 11) is -3.45. The molecule has 0 bridgehead atoms. The van der Waals surface area contributed by atoms with Gasteiger partial charge in [-0.2, -0.15) is 8.42 Å². The van der Waals surface area contributed by atoms with E-state index in [1.165, 1.54) is 6.92 Å². The highest BCUT2D eigenvalue weighted by molar-refractivity contribution is 9.10. The Morgan fingerprint density at radius 1 is 1.17 bits per heavy atom. The van der Waals surface area contributed by atoms with Crippen molar-refractivity contribution in [2.75, 3.05) is 37.5 Å². The Hall–Kier alpha value is -0.960. The van der Waals surface area contributed by atoms with Gasteiger partial charge in [0, 0.05) is 23.6 Å². The number of nitrogens with zero attached hydrogens (tertiary/aromatic N) is 1. The molecular formula is C15H22BrNO5S. The zero-order chi connectivity index (χ0) is 17.6. The Labute approximate surface area is 146 Å². The number of aryl methyl sites for hydroxylation is 2. The monoisotopic (exact) mass is 407 g/mol. The molecule has 1 rings (SSSR count). The SMILES string of the molecule is CC(=O)N(CCOCCOS(C)(=O)=O)c1cc(C)c(Br)c(C)c1. The van der Waals surface area contributed by atoms with Crippen LogP contribution in [0.25, 0.3) is 0 Å². The number of rotatable bonds is 8. The molecule has 1 aromatic rings. The van der Waals surface area contributed by atoms with E-state index < -0.39 is 10.1 Å². The fourth-order valence-electron chi connectivity index (χ4n) is 2.05. The van der Waals surface area contributed by atoms with E-state index in [9.17, 15) is 13.2 Å². The summed E-state index contributed by atoms with van der Waals surface area (Å²) in [4.78, 5) is 13.5. The number of amides is 1. The molecule has 0 unspecified atom stereocenters. The maximum atomic E-state index is 11.9. The van der Waals surface area contributed by atoms with Crippen molar-refractivity contribution < 1.29 is 22.1 Å². The highest BCUT2D eigenvalue weighted by Crippen LogP contribution is 2.27. The molecule has 130 valence electrons. The fourth-order valence-corrected chi connectivity index (χ4v) is 2.65. The zero-order valence-electron chi connectivity index (χ0n) is 13.8. The second-order valence-corrected chi connectivity index (χ2v) is 7.64. The van der Waals surface area contributed by atoms with Crippen LogP contribution in [0.5, 0.6) is 0 Å².